The van der Waals surface area contributed by atoms with Gasteiger partial charge in [-0.15, -0.1) is 12.4 Å². The van der Waals surface area contributed by atoms with Crippen LogP contribution >= 0.6 is 12.4 Å². The van der Waals surface area contributed by atoms with E-state index in [4.69, 9.17) is 0 Å². The monoisotopic (exact) mass is 348 g/mol. The highest BCUT2D eigenvalue weighted by atomic mass is 35.5. The van der Waals surface area contributed by atoms with E-state index in [0.717, 1.165) is 50.0 Å². The lowest BCUT2D eigenvalue weighted by molar-refractivity contribution is -0.0781. The Bertz CT molecular complexity index is 657. The molecule has 1 aromatic carbocycles. The van der Waals surface area contributed by atoms with Crippen LogP contribution in [0.25, 0.3) is 0 Å². The molecule has 0 aromatic heterocycles. The molecule has 1 amide bonds. The van der Waals surface area contributed by atoms with Gasteiger partial charge in [-0.3, -0.25) is 4.79 Å². The first-order valence-corrected chi connectivity index (χ1v) is 9.09. The van der Waals surface area contributed by atoms with Gasteiger partial charge in [-0.1, -0.05) is 12.1 Å². The number of hydrogen-bond acceptors (Lipinski definition) is 3. The molecule has 1 N–H and O–H groups in total. The van der Waals surface area contributed by atoms with E-state index in [-0.39, 0.29) is 30.3 Å². The average molecular weight is 349 g/mol. The average Bonchev–Trinajstić information content (AvgIpc) is 2.61. The normalized spacial score (nSPS) is 37.0. The molecule has 0 spiro atoms. The van der Waals surface area contributed by atoms with Gasteiger partial charge in [0.05, 0.1) is 6.04 Å². The molecule has 4 aliphatic heterocycles. The second kappa shape index (κ2) is 6.01. The molecular formula is C19H25ClN2O2. The molecule has 5 heteroatoms. The topological polar surface area (TPSA) is 43.8 Å². The van der Waals surface area contributed by atoms with Crippen LogP contribution in [0.5, 0.6) is 0 Å². The number of benzene rings is 1. The van der Waals surface area contributed by atoms with E-state index in [1.54, 1.807) is 0 Å². The number of amides is 1. The summed E-state index contributed by atoms with van der Waals surface area (Å²) < 4.78 is 0. The van der Waals surface area contributed by atoms with Crippen LogP contribution < -0.4 is 0 Å². The van der Waals surface area contributed by atoms with Gasteiger partial charge in [0.1, 0.15) is 6.23 Å². The number of hydrogen-bond donors (Lipinski definition) is 1. The molecule has 3 fully saturated rings. The predicted molar refractivity (Wildman–Crippen MR) is 94.5 cm³/mol. The van der Waals surface area contributed by atoms with Crippen LogP contribution in [0, 0.1) is 5.92 Å². The van der Waals surface area contributed by atoms with Gasteiger partial charge >= 0.3 is 0 Å². The number of carbonyl (C=O) groups excluding carboxylic acids is 1. The van der Waals surface area contributed by atoms with Gasteiger partial charge in [0.15, 0.2) is 0 Å². The minimum absolute atomic E-state index is 0. The Morgan fingerprint density at radius 3 is 2.62 bits per heavy atom. The summed E-state index contributed by atoms with van der Waals surface area (Å²) >= 11 is 0. The summed E-state index contributed by atoms with van der Waals surface area (Å²) in [4.78, 5) is 17.5. The smallest absolute Gasteiger partial charge is 0.256 e. The summed E-state index contributed by atoms with van der Waals surface area (Å²) in [5.74, 6) is 0.737. The van der Waals surface area contributed by atoms with E-state index in [1.165, 1.54) is 18.4 Å². The zero-order chi connectivity index (χ0) is 15.6. The van der Waals surface area contributed by atoms with Crippen LogP contribution in [0.4, 0.5) is 0 Å². The minimum atomic E-state index is -0.637. The van der Waals surface area contributed by atoms with Gasteiger partial charge in [0.2, 0.25) is 0 Å². The van der Waals surface area contributed by atoms with Crippen molar-refractivity contribution in [2.45, 2.75) is 50.3 Å². The van der Waals surface area contributed by atoms with Gasteiger partial charge in [0.25, 0.3) is 5.91 Å². The Morgan fingerprint density at radius 2 is 1.92 bits per heavy atom. The standard InChI is InChI=1S/C19H24N2O2.ClH/c22-18-14-5-1-3-13-4-2-6-15(17(13)14)19(23)21(18)16-11-20-9-7-12(16)8-10-20;/h1,3,5,12,15-16,19,23H,2,4,6-11H2;1H/t15?,16-,19?;/m1./s1. The molecule has 3 atom stereocenters. The van der Waals surface area contributed by atoms with Crippen molar-refractivity contribution in [1.29, 1.82) is 0 Å². The van der Waals surface area contributed by atoms with Crippen LogP contribution in [0.15, 0.2) is 18.2 Å². The second-order valence-corrected chi connectivity index (χ2v) is 7.71. The minimum Gasteiger partial charge on any atom is -0.373 e. The molecule has 3 saturated heterocycles. The number of rotatable bonds is 1. The highest BCUT2D eigenvalue weighted by Crippen LogP contribution is 2.44. The molecule has 2 unspecified atom stereocenters. The van der Waals surface area contributed by atoms with Crippen molar-refractivity contribution in [2.24, 2.45) is 5.92 Å². The van der Waals surface area contributed by atoms with Gasteiger partial charge in [-0.05, 0) is 68.3 Å². The van der Waals surface area contributed by atoms with E-state index < -0.39 is 6.23 Å². The molecule has 1 aromatic rings. The molecule has 0 radical (unpaired) electrons. The lowest BCUT2D eigenvalue weighted by atomic mass is 9.74. The third-order valence-corrected chi connectivity index (χ3v) is 6.62. The van der Waals surface area contributed by atoms with Crippen LogP contribution in [0.2, 0.25) is 0 Å². The first-order chi connectivity index (χ1) is 11.2. The first kappa shape index (κ1) is 16.4. The summed E-state index contributed by atoms with van der Waals surface area (Å²) in [6, 6.07) is 6.31. The predicted octanol–water partition coefficient (Wildman–Crippen LogP) is 2.40. The fourth-order valence-electron chi connectivity index (χ4n) is 5.46. The number of piperidine rings is 3. The van der Waals surface area contributed by atoms with Crippen molar-refractivity contribution in [1.82, 2.24) is 9.80 Å². The number of nitrogens with zero attached hydrogens (tertiary/aromatic N) is 2. The summed E-state index contributed by atoms with van der Waals surface area (Å²) in [5.41, 5.74) is 3.28. The van der Waals surface area contributed by atoms with E-state index in [2.05, 4.69) is 11.0 Å². The van der Waals surface area contributed by atoms with Gasteiger partial charge < -0.3 is 14.9 Å². The van der Waals surface area contributed by atoms with Gasteiger partial charge in [-0.25, -0.2) is 0 Å². The van der Waals surface area contributed by atoms with Crippen LogP contribution in [0.1, 0.15) is 53.1 Å². The molecule has 130 valence electrons. The molecule has 1 aliphatic carbocycles. The van der Waals surface area contributed by atoms with Crippen molar-refractivity contribution < 1.29 is 9.90 Å². The zero-order valence-electron chi connectivity index (χ0n) is 13.9. The number of aryl methyl sites for hydroxylation is 1. The van der Waals surface area contributed by atoms with Crippen LogP contribution in [0.3, 0.4) is 0 Å². The van der Waals surface area contributed by atoms with Gasteiger partial charge in [0, 0.05) is 18.0 Å². The second-order valence-electron chi connectivity index (χ2n) is 7.71. The molecule has 2 bridgehead atoms. The Morgan fingerprint density at radius 1 is 1.12 bits per heavy atom. The highest BCUT2D eigenvalue weighted by molar-refractivity contribution is 5.98. The molecule has 0 saturated carbocycles. The fraction of sp³-hybridized carbons (Fsp3) is 0.632. The van der Waals surface area contributed by atoms with Crippen molar-refractivity contribution in [3.8, 4) is 0 Å². The molecule has 4 heterocycles. The van der Waals surface area contributed by atoms with Gasteiger partial charge in [-0.2, -0.15) is 0 Å². The quantitative estimate of drug-likeness (QED) is 0.847. The van der Waals surface area contributed by atoms with Crippen molar-refractivity contribution in [2.75, 3.05) is 19.6 Å². The molecule has 4 nitrogen and oxygen atoms in total. The van der Waals surface area contributed by atoms with E-state index in [9.17, 15) is 9.90 Å². The highest BCUT2D eigenvalue weighted by Gasteiger charge is 2.48. The fourth-order valence-corrected chi connectivity index (χ4v) is 5.46. The molecule has 5 aliphatic rings. The Kier molecular flexibility index (Phi) is 4.10. The summed E-state index contributed by atoms with van der Waals surface area (Å²) in [6.07, 6.45) is 4.84. The third-order valence-electron chi connectivity index (χ3n) is 6.62. The Balaban J connectivity index is 0.00000146. The van der Waals surface area contributed by atoms with E-state index in [1.807, 2.05) is 17.0 Å². The number of aliphatic hydroxyl groups is 1. The van der Waals surface area contributed by atoms with E-state index in [0.29, 0.717) is 5.92 Å². The number of halogens is 1. The van der Waals surface area contributed by atoms with Crippen LogP contribution in [-0.4, -0.2) is 52.7 Å². The SMILES string of the molecule is Cl.O=C1c2cccc3c2C(CCC3)C(O)N1[C@@H]1CN2CCC1CC2. The maximum atomic E-state index is 13.2. The third kappa shape index (κ3) is 2.23. The number of fused-ring (bicyclic) bond motifs is 3. The van der Waals surface area contributed by atoms with Crippen LogP contribution in [-0.2, 0) is 6.42 Å². The summed E-state index contributed by atoms with van der Waals surface area (Å²) in [5, 5.41) is 11.1. The van der Waals surface area contributed by atoms with Crippen molar-refractivity contribution >= 4 is 18.3 Å². The largest absolute Gasteiger partial charge is 0.373 e. The molecule has 6 rings (SSSR count). The first-order valence-electron chi connectivity index (χ1n) is 9.09. The Labute approximate surface area is 149 Å². The maximum Gasteiger partial charge on any atom is 0.256 e. The zero-order valence-corrected chi connectivity index (χ0v) is 14.7. The molecule has 24 heavy (non-hydrogen) atoms. The number of carbonyl (C=O) groups is 1. The lowest BCUT2D eigenvalue weighted by Gasteiger charge is -2.53. The number of aliphatic hydroxyl groups excluding tert-OH is 1. The molecular weight excluding hydrogens is 324 g/mol. The van der Waals surface area contributed by atoms with Crippen molar-refractivity contribution in [3.05, 3.63) is 34.9 Å². The lowest BCUT2D eigenvalue weighted by Crippen LogP contribution is -2.63. The summed E-state index contributed by atoms with van der Waals surface area (Å²) in [7, 11) is 0. The maximum absolute atomic E-state index is 13.2. The Hall–Kier alpha value is -1.10. The van der Waals surface area contributed by atoms with Crippen molar-refractivity contribution in [3.63, 3.8) is 0 Å². The summed E-state index contributed by atoms with van der Waals surface area (Å²) in [6.45, 7) is 3.25. The van der Waals surface area contributed by atoms with E-state index >= 15 is 0 Å².